The van der Waals surface area contributed by atoms with Crippen molar-refractivity contribution >= 4 is 24.5 Å². The number of thiol groups is 1. The van der Waals surface area contributed by atoms with E-state index >= 15 is 0 Å². The molecule has 1 aromatic rings. The predicted octanol–water partition coefficient (Wildman–Crippen LogP) is 2.97. The van der Waals surface area contributed by atoms with Gasteiger partial charge in [-0.25, -0.2) is 4.79 Å². The lowest BCUT2D eigenvalue weighted by atomic mass is 9.96. The molecule has 4 nitrogen and oxygen atoms in total. The van der Waals surface area contributed by atoms with Gasteiger partial charge in [0.05, 0.1) is 12.5 Å². The molecule has 0 saturated carbocycles. The van der Waals surface area contributed by atoms with Crippen LogP contribution in [0.15, 0.2) is 24.3 Å². The number of carbonyl (C=O) groups is 2. The molecule has 1 aromatic carbocycles. The van der Waals surface area contributed by atoms with Crippen molar-refractivity contribution in [1.82, 2.24) is 5.32 Å². The number of hydrogen-bond donors (Lipinski definition) is 2. The zero-order valence-electron chi connectivity index (χ0n) is 14.3. The number of nitrogens with one attached hydrogen (secondary N) is 1. The van der Waals surface area contributed by atoms with Gasteiger partial charge < -0.3 is 10.1 Å². The highest BCUT2D eigenvalue weighted by molar-refractivity contribution is 7.80. The third-order valence-corrected chi connectivity index (χ3v) is 3.95. The molecule has 0 radical (unpaired) electrons. The van der Waals surface area contributed by atoms with Gasteiger partial charge in [0, 0.05) is 5.75 Å². The average molecular weight is 337 g/mol. The lowest BCUT2D eigenvalue weighted by Gasteiger charge is -2.18. The molecule has 0 aliphatic carbocycles. The molecule has 1 amide bonds. The number of amides is 1. The number of carbonyl (C=O) groups excluding carboxylic acids is 2. The number of esters is 1. The molecule has 23 heavy (non-hydrogen) atoms. The molecule has 128 valence electrons. The molecule has 1 unspecified atom stereocenters. The van der Waals surface area contributed by atoms with E-state index in [0.29, 0.717) is 5.92 Å². The van der Waals surface area contributed by atoms with E-state index in [1.54, 1.807) is 6.92 Å². The first-order valence-electron chi connectivity index (χ1n) is 8.05. The molecule has 0 aliphatic rings. The van der Waals surface area contributed by atoms with Gasteiger partial charge in [-0.2, -0.15) is 12.6 Å². The molecule has 5 heteroatoms. The van der Waals surface area contributed by atoms with Crippen molar-refractivity contribution in [3.05, 3.63) is 35.4 Å². The van der Waals surface area contributed by atoms with Gasteiger partial charge in [0.25, 0.3) is 0 Å². The Morgan fingerprint density at radius 3 is 2.26 bits per heavy atom. The van der Waals surface area contributed by atoms with Gasteiger partial charge in [0.1, 0.15) is 6.04 Å². The standard InChI is InChI=1S/C18H27NO3S/c1-5-22-18(21)16(11-23)19-17(20)13(4)15-8-6-14(7-9-15)10-12(2)3/h6-9,12-13,16,23H,5,10-11H2,1-4H3,(H,19,20)/t13-,16?/m0/s1. The highest BCUT2D eigenvalue weighted by Gasteiger charge is 2.24. The van der Waals surface area contributed by atoms with Crippen molar-refractivity contribution in [2.24, 2.45) is 5.92 Å². The Bertz CT molecular complexity index is 514. The summed E-state index contributed by atoms with van der Waals surface area (Å²) in [5.41, 5.74) is 2.19. The van der Waals surface area contributed by atoms with Crippen molar-refractivity contribution in [2.75, 3.05) is 12.4 Å². The van der Waals surface area contributed by atoms with E-state index < -0.39 is 12.0 Å². The highest BCUT2D eigenvalue weighted by atomic mass is 32.1. The quantitative estimate of drug-likeness (QED) is 0.566. The summed E-state index contributed by atoms with van der Waals surface area (Å²) in [5.74, 6) is -0.170. The van der Waals surface area contributed by atoms with E-state index in [-0.39, 0.29) is 24.2 Å². The van der Waals surface area contributed by atoms with Crippen LogP contribution in [0.5, 0.6) is 0 Å². The van der Waals surface area contributed by atoms with Gasteiger partial charge in [-0.3, -0.25) is 4.79 Å². The Balaban J connectivity index is 2.70. The van der Waals surface area contributed by atoms with Crippen LogP contribution >= 0.6 is 12.6 Å². The first kappa shape index (κ1) is 19.6. The number of rotatable bonds is 8. The Morgan fingerprint density at radius 1 is 1.17 bits per heavy atom. The number of benzene rings is 1. The summed E-state index contributed by atoms with van der Waals surface area (Å²) in [6.07, 6.45) is 1.02. The molecule has 0 fully saturated rings. The van der Waals surface area contributed by atoms with Crippen LogP contribution in [0.25, 0.3) is 0 Å². The maximum atomic E-state index is 12.3. The van der Waals surface area contributed by atoms with Crippen molar-refractivity contribution in [1.29, 1.82) is 0 Å². The Morgan fingerprint density at radius 2 is 1.78 bits per heavy atom. The van der Waals surface area contributed by atoms with Gasteiger partial charge in [0.2, 0.25) is 5.91 Å². The van der Waals surface area contributed by atoms with Crippen molar-refractivity contribution in [3.63, 3.8) is 0 Å². The van der Waals surface area contributed by atoms with Crippen LogP contribution in [0.4, 0.5) is 0 Å². The third-order valence-electron chi connectivity index (χ3n) is 3.59. The summed E-state index contributed by atoms with van der Waals surface area (Å²) in [7, 11) is 0. The largest absolute Gasteiger partial charge is 0.464 e. The van der Waals surface area contributed by atoms with E-state index in [4.69, 9.17) is 4.74 Å². The molecule has 0 heterocycles. The fourth-order valence-corrected chi connectivity index (χ4v) is 2.52. The van der Waals surface area contributed by atoms with Crippen LogP contribution in [-0.4, -0.2) is 30.3 Å². The maximum Gasteiger partial charge on any atom is 0.329 e. The van der Waals surface area contributed by atoms with Gasteiger partial charge in [-0.05, 0) is 37.3 Å². The number of ether oxygens (including phenoxy) is 1. The molecule has 0 aromatic heterocycles. The summed E-state index contributed by atoms with van der Waals surface area (Å²) in [6.45, 7) is 8.20. The second-order valence-electron chi connectivity index (χ2n) is 6.06. The third kappa shape index (κ3) is 6.26. The van der Waals surface area contributed by atoms with Gasteiger partial charge in [-0.15, -0.1) is 0 Å². The SMILES string of the molecule is CCOC(=O)C(CS)NC(=O)[C@@H](C)c1ccc(CC(C)C)cc1. The van der Waals surface area contributed by atoms with Crippen LogP contribution in [0.2, 0.25) is 0 Å². The second-order valence-corrected chi connectivity index (χ2v) is 6.42. The molecule has 2 atom stereocenters. The van der Waals surface area contributed by atoms with Gasteiger partial charge in [-0.1, -0.05) is 38.1 Å². The Hall–Kier alpha value is -1.49. The van der Waals surface area contributed by atoms with E-state index in [9.17, 15) is 9.59 Å². The topological polar surface area (TPSA) is 55.4 Å². The molecular weight excluding hydrogens is 310 g/mol. The van der Waals surface area contributed by atoms with Gasteiger partial charge >= 0.3 is 5.97 Å². The van der Waals surface area contributed by atoms with Crippen molar-refractivity contribution in [2.45, 2.75) is 46.1 Å². The summed E-state index contributed by atoms with van der Waals surface area (Å²) >= 11 is 4.11. The zero-order chi connectivity index (χ0) is 17.4. The minimum absolute atomic E-state index is 0.200. The van der Waals surface area contributed by atoms with Crippen molar-refractivity contribution < 1.29 is 14.3 Å². The Labute approximate surface area is 144 Å². The smallest absolute Gasteiger partial charge is 0.329 e. The van der Waals surface area contributed by atoms with Crippen LogP contribution in [0.1, 0.15) is 44.7 Å². The first-order chi connectivity index (χ1) is 10.9. The fourth-order valence-electron chi connectivity index (χ4n) is 2.28. The minimum Gasteiger partial charge on any atom is -0.464 e. The van der Waals surface area contributed by atoms with Crippen LogP contribution in [0.3, 0.4) is 0 Å². The fraction of sp³-hybridized carbons (Fsp3) is 0.556. The lowest BCUT2D eigenvalue weighted by Crippen LogP contribution is -2.44. The normalized spacial score (nSPS) is 13.5. The van der Waals surface area contributed by atoms with Crippen molar-refractivity contribution in [3.8, 4) is 0 Å². The summed E-state index contributed by atoms with van der Waals surface area (Å²) in [6, 6.07) is 7.35. The lowest BCUT2D eigenvalue weighted by molar-refractivity contribution is -0.146. The van der Waals surface area contributed by atoms with Gasteiger partial charge in [0.15, 0.2) is 0 Å². The highest BCUT2D eigenvalue weighted by Crippen LogP contribution is 2.18. The minimum atomic E-state index is -0.714. The second kappa shape index (κ2) is 9.60. The first-order valence-corrected chi connectivity index (χ1v) is 8.69. The average Bonchev–Trinajstić information content (AvgIpc) is 2.52. The molecule has 0 spiro atoms. The zero-order valence-corrected chi connectivity index (χ0v) is 15.2. The van der Waals surface area contributed by atoms with E-state index in [1.807, 2.05) is 19.1 Å². The summed E-state index contributed by atoms with van der Waals surface area (Å²) < 4.78 is 4.93. The van der Waals surface area contributed by atoms with E-state index in [0.717, 1.165) is 12.0 Å². The maximum absolute atomic E-state index is 12.3. The molecule has 0 bridgehead atoms. The molecule has 0 saturated heterocycles. The monoisotopic (exact) mass is 337 g/mol. The van der Waals surface area contributed by atoms with E-state index in [2.05, 4.69) is 43.9 Å². The molecule has 1 N–H and O–H groups in total. The number of hydrogen-bond acceptors (Lipinski definition) is 4. The summed E-state index contributed by atoms with van der Waals surface area (Å²) in [5, 5.41) is 2.71. The van der Waals surface area contributed by atoms with Crippen LogP contribution in [0, 0.1) is 5.92 Å². The predicted molar refractivity (Wildman–Crippen MR) is 95.8 cm³/mol. The molecule has 1 rings (SSSR count). The summed E-state index contributed by atoms with van der Waals surface area (Å²) in [4.78, 5) is 24.1. The molecular formula is C18H27NO3S. The molecule has 0 aliphatic heterocycles. The van der Waals surface area contributed by atoms with Crippen LogP contribution in [-0.2, 0) is 20.7 Å². The Kier molecular flexibility index (Phi) is 8.17. The van der Waals surface area contributed by atoms with E-state index in [1.165, 1.54) is 5.56 Å². The van der Waals surface area contributed by atoms with Crippen LogP contribution < -0.4 is 5.32 Å².